The summed E-state index contributed by atoms with van der Waals surface area (Å²) in [6.07, 6.45) is 3.54. The molecule has 2 saturated heterocycles. The highest BCUT2D eigenvalue weighted by atomic mass is 16.2. The molecule has 0 unspecified atom stereocenters. The molecule has 1 atom stereocenters. The molecule has 2 aliphatic heterocycles. The highest BCUT2D eigenvalue weighted by molar-refractivity contribution is 6.05. The van der Waals surface area contributed by atoms with Crippen molar-refractivity contribution in [3.8, 4) is 0 Å². The lowest BCUT2D eigenvalue weighted by molar-refractivity contribution is -0.134. The fourth-order valence-corrected chi connectivity index (χ4v) is 3.43. The summed E-state index contributed by atoms with van der Waals surface area (Å²) in [6.45, 7) is 1.21. The number of nitrogens with zero attached hydrogens (tertiary/aromatic N) is 4. The normalized spacial score (nSPS) is 21.4. The van der Waals surface area contributed by atoms with E-state index in [-0.39, 0.29) is 18.2 Å². The van der Waals surface area contributed by atoms with Gasteiger partial charge in [0.25, 0.3) is 5.91 Å². The monoisotopic (exact) mass is 342 g/mol. The van der Waals surface area contributed by atoms with Gasteiger partial charge in [0.1, 0.15) is 11.9 Å². The number of aromatic nitrogens is 3. The molecule has 4 amide bonds. The number of piperidine rings is 1. The maximum atomic E-state index is 12.4. The van der Waals surface area contributed by atoms with Crippen LogP contribution in [0.3, 0.4) is 0 Å². The third kappa shape index (κ3) is 2.92. The molecular formula is C16H18N6O3. The minimum Gasteiger partial charge on any atom is -0.343 e. The van der Waals surface area contributed by atoms with E-state index in [4.69, 9.17) is 0 Å². The molecule has 4 heterocycles. The first-order valence-corrected chi connectivity index (χ1v) is 8.30. The van der Waals surface area contributed by atoms with Crippen LogP contribution in [-0.2, 0) is 9.59 Å². The fourth-order valence-electron chi connectivity index (χ4n) is 3.43. The second-order valence-corrected chi connectivity index (χ2v) is 6.36. The Morgan fingerprint density at radius 1 is 1.20 bits per heavy atom. The third-order valence-corrected chi connectivity index (χ3v) is 4.79. The fraction of sp³-hybridized carbons (Fsp3) is 0.438. The van der Waals surface area contributed by atoms with Crippen molar-refractivity contribution >= 4 is 23.5 Å². The van der Waals surface area contributed by atoms with Gasteiger partial charge in [0.15, 0.2) is 5.65 Å². The number of carbonyl (C=O) groups excluding carboxylic acids is 3. The van der Waals surface area contributed by atoms with Crippen molar-refractivity contribution in [2.75, 3.05) is 13.1 Å². The predicted octanol–water partition coefficient (Wildman–Crippen LogP) is 0.0334. The van der Waals surface area contributed by atoms with E-state index in [1.807, 2.05) is 28.8 Å². The molecule has 9 heteroatoms. The highest BCUT2D eigenvalue weighted by Gasteiger charge is 2.34. The topological polar surface area (TPSA) is 109 Å². The number of hydrogen-bond donors (Lipinski definition) is 2. The van der Waals surface area contributed by atoms with Crippen LogP contribution in [0.4, 0.5) is 4.79 Å². The molecule has 2 fully saturated rings. The van der Waals surface area contributed by atoms with Gasteiger partial charge in [-0.2, -0.15) is 0 Å². The smallest absolute Gasteiger partial charge is 0.322 e. The van der Waals surface area contributed by atoms with Gasteiger partial charge < -0.3 is 10.2 Å². The molecule has 0 radical (unpaired) electrons. The van der Waals surface area contributed by atoms with Gasteiger partial charge in [0.2, 0.25) is 5.91 Å². The Kier molecular flexibility index (Phi) is 3.83. The molecule has 25 heavy (non-hydrogen) atoms. The summed E-state index contributed by atoms with van der Waals surface area (Å²) in [5, 5.41) is 13.1. The highest BCUT2D eigenvalue weighted by Crippen LogP contribution is 2.27. The number of urea groups is 1. The molecule has 0 bridgehead atoms. The van der Waals surface area contributed by atoms with Crippen molar-refractivity contribution in [2.45, 2.75) is 31.2 Å². The van der Waals surface area contributed by atoms with E-state index >= 15 is 0 Å². The van der Waals surface area contributed by atoms with Crippen LogP contribution in [0.15, 0.2) is 24.4 Å². The average molecular weight is 342 g/mol. The van der Waals surface area contributed by atoms with Crippen molar-refractivity contribution in [3.05, 3.63) is 30.2 Å². The summed E-state index contributed by atoms with van der Waals surface area (Å²) in [5.74, 6) is 0.608. The van der Waals surface area contributed by atoms with Crippen LogP contribution < -0.4 is 10.6 Å². The molecule has 2 N–H and O–H groups in total. The Bertz CT molecular complexity index is 839. The molecule has 2 aromatic rings. The lowest BCUT2D eigenvalue weighted by atomic mass is 9.95. The molecule has 0 aliphatic carbocycles. The number of nitrogens with one attached hydrogen (secondary N) is 2. The first kappa shape index (κ1) is 15.6. The zero-order chi connectivity index (χ0) is 17.4. The first-order valence-electron chi connectivity index (χ1n) is 8.30. The number of hydrogen-bond acceptors (Lipinski definition) is 5. The van der Waals surface area contributed by atoms with Crippen molar-refractivity contribution < 1.29 is 14.4 Å². The van der Waals surface area contributed by atoms with Crippen LogP contribution in [0.1, 0.15) is 31.0 Å². The van der Waals surface area contributed by atoms with E-state index in [1.54, 1.807) is 4.90 Å². The number of carbonyl (C=O) groups is 3. The van der Waals surface area contributed by atoms with Gasteiger partial charge in [-0.05, 0) is 25.0 Å². The molecule has 0 spiro atoms. The second kappa shape index (κ2) is 6.15. The number of likely N-dealkylation sites (tertiary alicyclic amines) is 1. The van der Waals surface area contributed by atoms with Gasteiger partial charge in [0, 0.05) is 25.2 Å². The minimum atomic E-state index is -0.766. The third-order valence-electron chi connectivity index (χ3n) is 4.79. The molecule has 9 nitrogen and oxygen atoms in total. The number of rotatable bonds is 3. The van der Waals surface area contributed by atoms with E-state index in [0.717, 1.165) is 24.3 Å². The number of pyridine rings is 1. The quantitative estimate of drug-likeness (QED) is 0.765. The summed E-state index contributed by atoms with van der Waals surface area (Å²) >= 11 is 0. The Morgan fingerprint density at radius 3 is 2.72 bits per heavy atom. The van der Waals surface area contributed by atoms with E-state index in [1.165, 1.54) is 0 Å². The van der Waals surface area contributed by atoms with E-state index < -0.39 is 18.0 Å². The average Bonchev–Trinajstić information content (AvgIpc) is 3.18. The zero-order valence-corrected chi connectivity index (χ0v) is 13.5. The summed E-state index contributed by atoms with van der Waals surface area (Å²) in [4.78, 5) is 36.8. The zero-order valence-electron chi connectivity index (χ0n) is 13.5. The van der Waals surface area contributed by atoms with Gasteiger partial charge in [0.05, 0.1) is 6.42 Å². The molecule has 2 aliphatic rings. The van der Waals surface area contributed by atoms with Gasteiger partial charge >= 0.3 is 6.03 Å². The maximum Gasteiger partial charge on any atom is 0.322 e. The van der Waals surface area contributed by atoms with E-state index in [2.05, 4.69) is 20.8 Å². The summed E-state index contributed by atoms with van der Waals surface area (Å²) in [6, 6.07) is 4.47. The van der Waals surface area contributed by atoms with Crippen molar-refractivity contribution in [1.82, 2.24) is 30.1 Å². The van der Waals surface area contributed by atoms with Gasteiger partial charge in [-0.25, -0.2) is 4.79 Å². The summed E-state index contributed by atoms with van der Waals surface area (Å²) in [5.41, 5.74) is 0.819. The minimum absolute atomic E-state index is 0.00387. The number of imide groups is 1. The van der Waals surface area contributed by atoms with Gasteiger partial charge in [-0.3, -0.25) is 19.3 Å². The van der Waals surface area contributed by atoms with Crippen molar-refractivity contribution in [3.63, 3.8) is 0 Å². The Morgan fingerprint density at radius 2 is 2.00 bits per heavy atom. The lowest BCUT2D eigenvalue weighted by Gasteiger charge is -2.31. The summed E-state index contributed by atoms with van der Waals surface area (Å²) < 4.78 is 1.99. The van der Waals surface area contributed by atoms with Crippen LogP contribution in [0.5, 0.6) is 0 Å². The largest absolute Gasteiger partial charge is 0.343 e. The molecule has 0 saturated carbocycles. The van der Waals surface area contributed by atoms with E-state index in [0.29, 0.717) is 13.1 Å². The molecule has 130 valence electrons. The SMILES string of the molecule is O=C1NC(=O)[C@H](CC(=O)N2CCC(c3nnc4ccccn34)CC2)N1. The van der Waals surface area contributed by atoms with Crippen LogP contribution in [0.2, 0.25) is 0 Å². The molecular weight excluding hydrogens is 324 g/mol. The standard InChI is InChI=1S/C16H18N6O3/c23-13(9-11-15(24)18-16(25)17-11)21-7-4-10(5-8-21)14-20-19-12-3-1-2-6-22(12)14/h1-3,6,10-11H,4-5,7-9H2,(H2,17,18,24,25)/t11-/m0/s1. The van der Waals surface area contributed by atoms with Crippen LogP contribution in [0, 0.1) is 0 Å². The molecule has 0 aromatic carbocycles. The molecule has 2 aromatic heterocycles. The summed E-state index contributed by atoms with van der Waals surface area (Å²) in [7, 11) is 0. The van der Waals surface area contributed by atoms with Crippen molar-refractivity contribution in [2.24, 2.45) is 0 Å². The molecule has 4 rings (SSSR count). The van der Waals surface area contributed by atoms with Gasteiger partial charge in [-0.1, -0.05) is 6.07 Å². The van der Waals surface area contributed by atoms with Crippen LogP contribution in [0.25, 0.3) is 5.65 Å². The number of fused-ring (bicyclic) bond motifs is 1. The Balaban J connectivity index is 1.37. The van der Waals surface area contributed by atoms with Crippen molar-refractivity contribution in [1.29, 1.82) is 0 Å². The first-order chi connectivity index (χ1) is 12.1. The lowest BCUT2D eigenvalue weighted by Crippen LogP contribution is -2.42. The Labute approximate surface area is 143 Å². The maximum absolute atomic E-state index is 12.4. The predicted molar refractivity (Wildman–Crippen MR) is 86.6 cm³/mol. The van der Waals surface area contributed by atoms with Gasteiger partial charge in [-0.15, -0.1) is 10.2 Å². The van der Waals surface area contributed by atoms with E-state index in [9.17, 15) is 14.4 Å². The van der Waals surface area contributed by atoms with Crippen LogP contribution in [-0.4, -0.2) is 56.5 Å². The number of amides is 4. The van der Waals surface area contributed by atoms with Crippen LogP contribution >= 0.6 is 0 Å². The second-order valence-electron chi connectivity index (χ2n) is 6.36. The Hall–Kier alpha value is -2.97.